The van der Waals surface area contributed by atoms with Gasteiger partial charge in [0.25, 0.3) is 0 Å². The molecule has 1 aliphatic carbocycles. The van der Waals surface area contributed by atoms with E-state index in [1.54, 1.807) is 12.1 Å². The van der Waals surface area contributed by atoms with E-state index in [0.29, 0.717) is 12.8 Å². The molecule has 128 valence electrons. The number of fused-ring (bicyclic) bond motifs is 2. The molecule has 2 fully saturated rings. The predicted octanol–water partition coefficient (Wildman–Crippen LogP) is 6.48. The Balaban J connectivity index is 1.51. The summed E-state index contributed by atoms with van der Waals surface area (Å²) in [5.74, 6) is 3.01. The molecule has 0 N–H and O–H groups in total. The molecule has 0 spiro atoms. The summed E-state index contributed by atoms with van der Waals surface area (Å²) in [6.07, 6.45) is 15.2. The Morgan fingerprint density at radius 2 is 1.50 bits per heavy atom. The van der Waals surface area contributed by atoms with E-state index in [-0.39, 0.29) is 5.82 Å². The van der Waals surface area contributed by atoms with E-state index in [2.05, 4.69) is 6.08 Å². The van der Waals surface area contributed by atoms with Crippen molar-refractivity contribution in [3.8, 4) is 0 Å². The molecule has 0 aromatic heterocycles. The minimum Gasteiger partial charge on any atom is -0.563 e. The van der Waals surface area contributed by atoms with E-state index in [1.165, 1.54) is 62.7 Å². The molecule has 1 nitrogen and oxygen atoms in total. The molecule has 24 heavy (non-hydrogen) atoms. The summed E-state index contributed by atoms with van der Waals surface area (Å²) < 4.78 is 19.9. The molecule has 2 saturated heterocycles. The molecule has 0 radical (unpaired) electrons. The average Bonchev–Trinajstić information content (AvgIpc) is 2.81. The van der Waals surface area contributed by atoms with Crippen molar-refractivity contribution >= 4 is 6.92 Å². The highest BCUT2D eigenvalue weighted by Gasteiger charge is 2.43. The zero-order valence-corrected chi connectivity index (χ0v) is 14.6. The molecule has 2 bridgehead atoms. The fourth-order valence-corrected chi connectivity index (χ4v) is 5.11. The second-order valence-corrected chi connectivity index (χ2v) is 8.00. The fraction of sp³-hybridized carbons (Fsp3) is 0.619. The average molecular weight is 326 g/mol. The topological polar surface area (TPSA) is 9.23 Å². The summed E-state index contributed by atoms with van der Waals surface area (Å²) in [6, 6.07) is 7.05. The third-order valence-electron chi connectivity index (χ3n) is 6.39. The monoisotopic (exact) mass is 326 g/mol. The number of halogens is 1. The maximum absolute atomic E-state index is 13.2. The standard InChI is InChI=1S/C21H28BFO/c23-20-13-11-16(12-14-20)17-5-1-2-10-21(15-17)24-22-18-6-3-7-19(22)9-4-8-18/h11-15,17-19H,1-10H2/t17-,18?,19?/m0/s1. The molecular formula is C21H28BFO. The third kappa shape index (κ3) is 3.55. The van der Waals surface area contributed by atoms with Crippen LogP contribution >= 0.6 is 0 Å². The summed E-state index contributed by atoms with van der Waals surface area (Å²) in [5.41, 5.74) is 1.23. The summed E-state index contributed by atoms with van der Waals surface area (Å²) in [7, 11) is 0. The van der Waals surface area contributed by atoms with Crippen molar-refractivity contribution in [3.05, 3.63) is 47.5 Å². The lowest BCUT2D eigenvalue weighted by Gasteiger charge is -2.39. The first kappa shape index (κ1) is 16.2. The highest BCUT2D eigenvalue weighted by Crippen LogP contribution is 2.47. The quantitative estimate of drug-likeness (QED) is 0.577. The first-order valence-corrected chi connectivity index (χ1v) is 9.92. The van der Waals surface area contributed by atoms with Crippen LogP contribution in [-0.4, -0.2) is 6.92 Å². The minimum atomic E-state index is -0.150. The SMILES string of the molecule is Fc1ccc([C@@H]2C=C(OB3C4CCCC3CCC4)CCCC2)cc1. The van der Waals surface area contributed by atoms with E-state index in [1.807, 2.05) is 12.1 Å². The van der Waals surface area contributed by atoms with E-state index in [4.69, 9.17) is 4.65 Å². The Kier molecular flexibility index (Phi) is 4.96. The van der Waals surface area contributed by atoms with Crippen LogP contribution in [0.5, 0.6) is 0 Å². The van der Waals surface area contributed by atoms with Gasteiger partial charge >= 0.3 is 6.92 Å². The second-order valence-electron chi connectivity index (χ2n) is 8.00. The van der Waals surface area contributed by atoms with Gasteiger partial charge in [-0.15, -0.1) is 0 Å². The van der Waals surface area contributed by atoms with Gasteiger partial charge in [0.15, 0.2) is 0 Å². The molecule has 3 heteroatoms. The van der Waals surface area contributed by atoms with Gasteiger partial charge in [0.05, 0.1) is 5.76 Å². The molecule has 4 rings (SSSR count). The van der Waals surface area contributed by atoms with Crippen molar-refractivity contribution in [1.29, 1.82) is 0 Å². The maximum Gasteiger partial charge on any atom is 0.363 e. The smallest absolute Gasteiger partial charge is 0.363 e. The van der Waals surface area contributed by atoms with Crippen molar-refractivity contribution in [2.75, 3.05) is 0 Å². The van der Waals surface area contributed by atoms with Gasteiger partial charge in [0, 0.05) is 12.3 Å². The summed E-state index contributed by atoms with van der Waals surface area (Å²) in [6.45, 7) is 0.464. The summed E-state index contributed by atoms with van der Waals surface area (Å²) >= 11 is 0. The van der Waals surface area contributed by atoms with Crippen LogP contribution < -0.4 is 0 Å². The van der Waals surface area contributed by atoms with Crippen LogP contribution in [0.2, 0.25) is 11.6 Å². The highest BCUT2D eigenvalue weighted by molar-refractivity contribution is 6.56. The Morgan fingerprint density at radius 3 is 2.17 bits per heavy atom. The van der Waals surface area contributed by atoms with Crippen LogP contribution in [0.1, 0.15) is 75.7 Å². The van der Waals surface area contributed by atoms with Crippen LogP contribution in [0.3, 0.4) is 0 Å². The third-order valence-corrected chi connectivity index (χ3v) is 6.39. The lowest BCUT2D eigenvalue weighted by Crippen LogP contribution is -2.37. The molecule has 2 aliphatic heterocycles. The van der Waals surface area contributed by atoms with Crippen molar-refractivity contribution in [3.63, 3.8) is 0 Å². The van der Waals surface area contributed by atoms with Crippen LogP contribution in [0, 0.1) is 5.82 Å². The molecule has 3 aliphatic rings. The second kappa shape index (κ2) is 7.33. The van der Waals surface area contributed by atoms with Gasteiger partial charge in [0.1, 0.15) is 5.82 Å². The van der Waals surface area contributed by atoms with Crippen molar-refractivity contribution in [1.82, 2.24) is 0 Å². The molecule has 0 saturated carbocycles. The van der Waals surface area contributed by atoms with E-state index < -0.39 is 0 Å². The minimum absolute atomic E-state index is 0.150. The van der Waals surface area contributed by atoms with Crippen molar-refractivity contribution < 1.29 is 9.04 Å². The van der Waals surface area contributed by atoms with Crippen molar-refractivity contribution in [2.45, 2.75) is 81.8 Å². The Hall–Kier alpha value is -1.25. The van der Waals surface area contributed by atoms with Crippen molar-refractivity contribution in [2.24, 2.45) is 0 Å². The van der Waals surface area contributed by atoms with Gasteiger partial charge < -0.3 is 4.65 Å². The van der Waals surface area contributed by atoms with Gasteiger partial charge in [-0.25, -0.2) is 4.39 Å². The van der Waals surface area contributed by atoms with Gasteiger partial charge in [0.2, 0.25) is 0 Å². The Labute approximate surface area is 145 Å². The largest absolute Gasteiger partial charge is 0.563 e. The first-order chi connectivity index (χ1) is 11.8. The van der Waals surface area contributed by atoms with E-state index in [9.17, 15) is 4.39 Å². The summed E-state index contributed by atoms with van der Waals surface area (Å²) in [4.78, 5) is 0. The Bertz CT molecular complexity index is 560. The molecule has 0 amide bonds. The van der Waals surface area contributed by atoms with Gasteiger partial charge in [-0.2, -0.15) is 0 Å². The molecule has 1 atom stereocenters. The van der Waals surface area contributed by atoms with Crippen LogP contribution in [0.4, 0.5) is 4.39 Å². The fourth-order valence-electron chi connectivity index (χ4n) is 5.11. The normalized spacial score (nSPS) is 30.5. The molecule has 0 unspecified atom stereocenters. The van der Waals surface area contributed by atoms with Crippen LogP contribution in [0.25, 0.3) is 0 Å². The number of rotatable bonds is 3. The molecule has 2 heterocycles. The number of benzene rings is 1. The molecular weight excluding hydrogens is 298 g/mol. The zero-order valence-electron chi connectivity index (χ0n) is 14.6. The number of hydrogen-bond donors (Lipinski definition) is 0. The van der Waals surface area contributed by atoms with Gasteiger partial charge in [-0.3, -0.25) is 0 Å². The maximum atomic E-state index is 13.2. The molecule has 1 aromatic rings. The van der Waals surface area contributed by atoms with Crippen LogP contribution in [-0.2, 0) is 4.65 Å². The summed E-state index contributed by atoms with van der Waals surface area (Å²) in [5, 5.41) is 0. The number of allylic oxidation sites excluding steroid dienone is 2. The molecule has 1 aromatic carbocycles. The number of hydrogen-bond acceptors (Lipinski definition) is 1. The predicted molar refractivity (Wildman–Crippen MR) is 97.7 cm³/mol. The highest BCUT2D eigenvalue weighted by atomic mass is 19.1. The van der Waals surface area contributed by atoms with Gasteiger partial charge in [-0.05, 0) is 48.2 Å². The lowest BCUT2D eigenvalue weighted by atomic mass is 9.38. The Morgan fingerprint density at radius 1 is 0.833 bits per heavy atom. The van der Waals surface area contributed by atoms with E-state index in [0.717, 1.165) is 24.5 Å². The van der Waals surface area contributed by atoms with Crippen LogP contribution in [0.15, 0.2) is 36.1 Å². The zero-order chi connectivity index (χ0) is 16.4. The van der Waals surface area contributed by atoms with E-state index >= 15 is 0 Å². The lowest BCUT2D eigenvalue weighted by molar-refractivity contribution is 0.322. The van der Waals surface area contributed by atoms with Gasteiger partial charge in [-0.1, -0.05) is 57.1 Å². The first-order valence-electron chi connectivity index (χ1n) is 9.92.